The van der Waals surface area contributed by atoms with Crippen LogP contribution in [-0.4, -0.2) is 9.97 Å². The molecule has 0 bridgehead atoms. The van der Waals surface area contributed by atoms with Gasteiger partial charge in [0.15, 0.2) is 0 Å². The molecule has 0 aromatic carbocycles. The van der Waals surface area contributed by atoms with Crippen LogP contribution >= 0.6 is 12.2 Å². The highest BCUT2D eigenvalue weighted by molar-refractivity contribution is 7.80. The zero-order valence-corrected chi connectivity index (χ0v) is 7.14. The van der Waals surface area contributed by atoms with Crippen molar-refractivity contribution in [1.29, 1.82) is 0 Å². The second-order valence-electron chi connectivity index (χ2n) is 2.38. The van der Waals surface area contributed by atoms with Gasteiger partial charge in [-0.2, -0.15) is 0 Å². The molecule has 0 aliphatic carbocycles. The first-order valence-corrected chi connectivity index (χ1v) is 3.83. The largest absolute Gasteiger partial charge is 0.393 e. The van der Waals surface area contributed by atoms with Crippen LogP contribution in [0.2, 0.25) is 0 Å². The number of pyridine rings is 1. The molecule has 0 aliphatic rings. The van der Waals surface area contributed by atoms with E-state index in [-0.39, 0.29) is 5.92 Å². The van der Waals surface area contributed by atoms with Crippen LogP contribution in [0, 0.1) is 0 Å². The van der Waals surface area contributed by atoms with E-state index in [1.54, 1.807) is 6.20 Å². The summed E-state index contributed by atoms with van der Waals surface area (Å²) < 4.78 is 0. The van der Waals surface area contributed by atoms with Gasteiger partial charge in [0, 0.05) is 17.8 Å². The molecule has 0 saturated carbocycles. The molecule has 0 aliphatic heterocycles. The Morgan fingerprint density at radius 3 is 2.82 bits per heavy atom. The van der Waals surface area contributed by atoms with Gasteiger partial charge in [-0.3, -0.25) is 4.98 Å². The summed E-state index contributed by atoms with van der Waals surface area (Å²) in [5, 5.41) is 0. The van der Waals surface area contributed by atoms with Gasteiger partial charge in [0.2, 0.25) is 0 Å². The highest BCUT2D eigenvalue weighted by Crippen LogP contribution is 2.10. The highest BCUT2D eigenvalue weighted by Gasteiger charge is 2.07. The van der Waals surface area contributed by atoms with Gasteiger partial charge in [-0.15, -0.1) is 0 Å². The molecule has 1 aromatic heterocycles. The van der Waals surface area contributed by atoms with E-state index in [0.29, 0.717) is 4.99 Å². The van der Waals surface area contributed by atoms with E-state index in [4.69, 9.17) is 18.0 Å². The summed E-state index contributed by atoms with van der Waals surface area (Å²) in [5.41, 5.74) is 6.39. The molecule has 58 valence electrons. The van der Waals surface area contributed by atoms with Crippen LogP contribution in [-0.2, 0) is 0 Å². The van der Waals surface area contributed by atoms with Crippen LogP contribution in [0.1, 0.15) is 18.5 Å². The van der Waals surface area contributed by atoms with Gasteiger partial charge in [0.1, 0.15) is 0 Å². The quantitative estimate of drug-likeness (QED) is 0.676. The molecule has 3 heteroatoms. The van der Waals surface area contributed by atoms with Gasteiger partial charge in [0.25, 0.3) is 0 Å². The Morgan fingerprint density at radius 1 is 1.64 bits per heavy atom. The Morgan fingerprint density at radius 2 is 2.36 bits per heavy atom. The van der Waals surface area contributed by atoms with Gasteiger partial charge in [0.05, 0.1) is 4.99 Å². The maximum Gasteiger partial charge on any atom is 0.0816 e. The smallest absolute Gasteiger partial charge is 0.0816 e. The molecule has 0 amide bonds. The number of hydrogen-bond acceptors (Lipinski definition) is 2. The third kappa shape index (κ3) is 1.98. The van der Waals surface area contributed by atoms with Gasteiger partial charge >= 0.3 is 0 Å². The van der Waals surface area contributed by atoms with Crippen molar-refractivity contribution in [2.75, 3.05) is 0 Å². The summed E-state index contributed by atoms with van der Waals surface area (Å²) in [4.78, 5) is 4.62. The van der Waals surface area contributed by atoms with E-state index in [0.717, 1.165) is 5.69 Å². The van der Waals surface area contributed by atoms with Crippen LogP contribution in [0.3, 0.4) is 0 Å². The molecule has 1 atom stereocenters. The fourth-order valence-corrected chi connectivity index (χ4v) is 0.899. The Kier molecular flexibility index (Phi) is 2.54. The van der Waals surface area contributed by atoms with Crippen LogP contribution in [0.25, 0.3) is 0 Å². The third-order valence-electron chi connectivity index (χ3n) is 1.56. The number of nitrogens with zero attached hydrogens (tertiary/aromatic N) is 1. The lowest BCUT2D eigenvalue weighted by molar-refractivity contribution is 0.954. The minimum absolute atomic E-state index is 0.0752. The monoisotopic (exact) mass is 166 g/mol. The van der Waals surface area contributed by atoms with Crippen molar-refractivity contribution < 1.29 is 0 Å². The SMILES string of the molecule is CC(C(N)=S)c1ccccn1. The molecule has 0 saturated heterocycles. The summed E-state index contributed by atoms with van der Waals surface area (Å²) >= 11 is 4.84. The van der Waals surface area contributed by atoms with Crippen LogP contribution < -0.4 is 5.73 Å². The molecule has 0 radical (unpaired) electrons. The molecule has 2 N–H and O–H groups in total. The lowest BCUT2D eigenvalue weighted by atomic mass is 10.1. The first-order valence-electron chi connectivity index (χ1n) is 3.42. The molecule has 1 rings (SSSR count). The normalized spacial score (nSPS) is 12.5. The van der Waals surface area contributed by atoms with Gasteiger partial charge < -0.3 is 5.73 Å². The van der Waals surface area contributed by atoms with Crippen LogP contribution in [0.5, 0.6) is 0 Å². The number of hydrogen-bond donors (Lipinski definition) is 1. The molecular weight excluding hydrogens is 156 g/mol. The van der Waals surface area contributed by atoms with Crippen molar-refractivity contribution in [3.05, 3.63) is 30.1 Å². The molecule has 1 aromatic rings. The maximum atomic E-state index is 5.46. The van der Waals surface area contributed by atoms with E-state index in [1.807, 2.05) is 25.1 Å². The lowest BCUT2D eigenvalue weighted by Crippen LogP contribution is -2.17. The Bertz CT molecular complexity index is 246. The minimum Gasteiger partial charge on any atom is -0.393 e. The number of rotatable bonds is 2. The van der Waals surface area contributed by atoms with Gasteiger partial charge in [-0.05, 0) is 12.1 Å². The average molecular weight is 166 g/mol. The van der Waals surface area contributed by atoms with E-state index >= 15 is 0 Å². The fourth-order valence-electron chi connectivity index (χ4n) is 0.778. The molecule has 1 unspecified atom stereocenters. The van der Waals surface area contributed by atoms with Crippen molar-refractivity contribution in [2.24, 2.45) is 5.73 Å². The Labute approximate surface area is 71.4 Å². The highest BCUT2D eigenvalue weighted by atomic mass is 32.1. The standard InChI is InChI=1S/C8H10N2S/c1-6(8(9)11)7-4-2-3-5-10-7/h2-6H,1H3,(H2,9,11). The molecule has 1 heterocycles. The summed E-state index contributed by atoms with van der Waals surface area (Å²) in [6.07, 6.45) is 1.74. The van der Waals surface area contributed by atoms with Gasteiger partial charge in [-0.25, -0.2) is 0 Å². The second-order valence-corrected chi connectivity index (χ2v) is 2.85. The van der Waals surface area contributed by atoms with Crippen LogP contribution in [0.4, 0.5) is 0 Å². The van der Waals surface area contributed by atoms with Crippen LogP contribution in [0.15, 0.2) is 24.4 Å². The average Bonchev–Trinajstić information content (AvgIpc) is 2.05. The Balaban J connectivity index is 2.85. The predicted octanol–water partition coefficient (Wildman–Crippen LogP) is 1.47. The second kappa shape index (κ2) is 3.44. The maximum absolute atomic E-state index is 5.46. The van der Waals surface area contributed by atoms with Crippen molar-refractivity contribution in [3.63, 3.8) is 0 Å². The molecule has 0 fully saturated rings. The summed E-state index contributed by atoms with van der Waals surface area (Å²) in [6, 6.07) is 5.72. The molecule has 11 heavy (non-hydrogen) atoms. The number of aromatic nitrogens is 1. The van der Waals surface area contributed by atoms with E-state index in [9.17, 15) is 0 Å². The summed E-state index contributed by atoms with van der Waals surface area (Å²) in [7, 11) is 0. The molecule has 0 spiro atoms. The predicted molar refractivity (Wildman–Crippen MR) is 49.4 cm³/mol. The minimum atomic E-state index is 0.0752. The lowest BCUT2D eigenvalue weighted by Gasteiger charge is -2.06. The third-order valence-corrected chi connectivity index (χ3v) is 1.91. The molecule has 2 nitrogen and oxygen atoms in total. The molecular formula is C8H10N2S. The first kappa shape index (κ1) is 8.14. The van der Waals surface area contributed by atoms with Crippen molar-refractivity contribution in [1.82, 2.24) is 4.98 Å². The van der Waals surface area contributed by atoms with E-state index in [2.05, 4.69) is 4.98 Å². The number of thiocarbonyl (C=S) groups is 1. The summed E-state index contributed by atoms with van der Waals surface area (Å²) in [5.74, 6) is 0.0752. The zero-order chi connectivity index (χ0) is 8.27. The van der Waals surface area contributed by atoms with Crippen molar-refractivity contribution in [3.8, 4) is 0 Å². The van der Waals surface area contributed by atoms with Gasteiger partial charge in [-0.1, -0.05) is 25.2 Å². The topological polar surface area (TPSA) is 38.9 Å². The summed E-state index contributed by atoms with van der Waals surface area (Å²) in [6.45, 7) is 1.95. The van der Waals surface area contributed by atoms with Crippen molar-refractivity contribution in [2.45, 2.75) is 12.8 Å². The first-order chi connectivity index (χ1) is 5.22. The fraction of sp³-hybridized carbons (Fsp3) is 0.250. The van der Waals surface area contributed by atoms with Crippen molar-refractivity contribution >= 4 is 17.2 Å². The van der Waals surface area contributed by atoms with E-state index < -0.39 is 0 Å². The Hall–Kier alpha value is -0.960. The van der Waals surface area contributed by atoms with E-state index in [1.165, 1.54) is 0 Å². The number of nitrogens with two attached hydrogens (primary N) is 1. The zero-order valence-electron chi connectivity index (χ0n) is 6.32.